The molecule has 1 aliphatic heterocycles. The molecule has 1 aliphatic rings. The molecule has 1 unspecified atom stereocenters. The van der Waals surface area contributed by atoms with Crippen LogP contribution in [-0.4, -0.2) is 21.4 Å². The molecule has 1 N–H and O–H groups in total. The van der Waals surface area contributed by atoms with Crippen molar-refractivity contribution < 1.29 is 19.4 Å². The minimum Gasteiger partial charge on any atom is -0.478 e. The van der Waals surface area contributed by atoms with E-state index in [2.05, 4.69) is 15.9 Å². The zero-order chi connectivity index (χ0) is 11.1. The minimum atomic E-state index is -1.63. The molecular weight excluding hydrogens is 264 g/mol. The number of halogens is 1. The third kappa shape index (κ3) is 1.63. The molecule has 0 spiro atoms. The van der Waals surface area contributed by atoms with Gasteiger partial charge in [-0.15, -0.1) is 0 Å². The topological polar surface area (TPSA) is 63.6 Å². The normalized spacial score (nSPS) is 24.2. The lowest BCUT2D eigenvalue weighted by atomic mass is 10.0. The number of carboxylic acid groups (broad SMARTS) is 1. The highest BCUT2D eigenvalue weighted by atomic mass is 79.9. The fraction of sp³-hybridized carbons (Fsp3) is 0.200. The molecule has 5 heteroatoms. The molecule has 0 saturated heterocycles. The Morgan fingerprint density at radius 2 is 2.13 bits per heavy atom. The van der Waals surface area contributed by atoms with Crippen LogP contribution in [0.2, 0.25) is 0 Å². The quantitative estimate of drug-likeness (QED) is 0.791. The summed E-state index contributed by atoms with van der Waals surface area (Å²) in [5, 5.41) is 8.92. The number of rotatable bonds is 1. The first kappa shape index (κ1) is 10.2. The molecule has 1 heterocycles. The van der Waals surface area contributed by atoms with Crippen LogP contribution in [0.4, 0.5) is 0 Å². The molecule has 0 saturated carbocycles. The number of alkyl halides is 1. The average molecular weight is 271 g/mol. The molecule has 0 radical (unpaired) electrons. The summed E-state index contributed by atoms with van der Waals surface area (Å²) >= 11 is 2.93. The van der Waals surface area contributed by atoms with E-state index in [0.29, 0.717) is 11.3 Å². The van der Waals surface area contributed by atoms with Gasteiger partial charge in [0, 0.05) is 0 Å². The Morgan fingerprint density at radius 1 is 1.47 bits per heavy atom. The predicted molar refractivity (Wildman–Crippen MR) is 55.3 cm³/mol. The molecule has 0 bridgehead atoms. The van der Waals surface area contributed by atoms with Crippen molar-refractivity contribution in [1.82, 2.24) is 0 Å². The van der Waals surface area contributed by atoms with Crippen molar-refractivity contribution >= 4 is 27.7 Å². The second kappa shape index (κ2) is 3.34. The summed E-state index contributed by atoms with van der Waals surface area (Å²) in [4.78, 5) is 22.5. The van der Waals surface area contributed by atoms with Crippen molar-refractivity contribution in [2.45, 2.75) is 10.9 Å². The van der Waals surface area contributed by atoms with E-state index >= 15 is 0 Å². The first-order valence-corrected chi connectivity index (χ1v) is 5.06. The fourth-order valence-corrected chi connectivity index (χ4v) is 1.85. The molecule has 1 aromatic carbocycles. The molecule has 15 heavy (non-hydrogen) atoms. The number of fused-ring (bicyclic) bond motifs is 1. The Balaban J connectivity index is 2.47. The maximum Gasteiger partial charge on any atom is 0.359 e. The molecule has 0 aromatic heterocycles. The van der Waals surface area contributed by atoms with E-state index in [1.165, 1.54) is 0 Å². The molecule has 0 fully saturated rings. The van der Waals surface area contributed by atoms with Crippen molar-refractivity contribution in [2.75, 3.05) is 0 Å². The molecule has 1 aromatic rings. The summed E-state index contributed by atoms with van der Waals surface area (Å²) in [5.74, 6) is -1.14. The van der Waals surface area contributed by atoms with Gasteiger partial charge in [0.05, 0.1) is 12.0 Å². The van der Waals surface area contributed by atoms with Crippen molar-refractivity contribution in [3.63, 3.8) is 0 Å². The molecule has 78 valence electrons. The van der Waals surface area contributed by atoms with Gasteiger partial charge < -0.3 is 9.84 Å². The number of aliphatic carboxylic acids is 1. The zero-order valence-corrected chi connectivity index (χ0v) is 9.15. The lowest BCUT2D eigenvalue weighted by Gasteiger charge is -2.29. The maximum atomic E-state index is 11.6. The Hall–Kier alpha value is -1.36. The van der Waals surface area contributed by atoms with Gasteiger partial charge in [-0.2, -0.15) is 0 Å². The van der Waals surface area contributed by atoms with Crippen LogP contribution in [0.15, 0.2) is 24.3 Å². The molecule has 0 aliphatic carbocycles. The summed E-state index contributed by atoms with van der Waals surface area (Å²) in [7, 11) is 0. The highest BCUT2D eigenvalue weighted by Gasteiger charge is 2.44. The second-order valence-electron chi connectivity index (χ2n) is 3.23. The second-order valence-corrected chi connectivity index (χ2v) is 4.51. The molecule has 4 nitrogen and oxygen atoms in total. The third-order valence-electron chi connectivity index (χ3n) is 2.17. The number of carboxylic acids is 1. The van der Waals surface area contributed by atoms with Gasteiger partial charge in [-0.25, -0.2) is 4.79 Å². The minimum absolute atomic E-state index is 0.209. The smallest absolute Gasteiger partial charge is 0.359 e. The van der Waals surface area contributed by atoms with Crippen LogP contribution < -0.4 is 4.74 Å². The van der Waals surface area contributed by atoms with Crippen LogP contribution in [0.25, 0.3) is 0 Å². The van der Waals surface area contributed by atoms with E-state index in [1.807, 2.05) is 0 Å². The van der Waals surface area contributed by atoms with Crippen molar-refractivity contribution in [2.24, 2.45) is 0 Å². The Morgan fingerprint density at radius 3 is 2.80 bits per heavy atom. The van der Waals surface area contributed by atoms with Crippen LogP contribution in [-0.2, 0) is 4.79 Å². The van der Waals surface area contributed by atoms with Gasteiger partial charge in [0.2, 0.25) is 0 Å². The van der Waals surface area contributed by atoms with E-state index in [-0.39, 0.29) is 12.2 Å². The largest absolute Gasteiger partial charge is 0.478 e. The van der Waals surface area contributed by atoms with Gasteiger partial charge in [0.25, 0.3) is 4.51 Å². The van der Waals surface area contributed by atoms with E-state index < -0.39 is 10.5 Å². The van der Waals surface area contributed by atoms with Gasteiger partial charge in [-0.3, -0.25) is 4.79 Å². The van der Waals surface area contributed by atoms with Crippen LogP contribution >= 0.6 is 15.9 Å². The monoisotopic (exact) mass is 270 g/mol. The van der Waals surface area contributed by atoms with Crippen LogP contribution in [0.3, 0.4) is 0 Å². The van der Waals surface area contributed by atoms with Gasteiger partial charge in [0.1, 0.15) is 5.75 Å². The van der Waals surface area contributed by atoms with Crippen LogP contribution in [0.1, 0.15) is 16.8 Å². The Kier molecular flexibility index (Phi) is 2.26. The van der Waals surface area contributed by atoms with Crippen molar-refractivity contribution in [1.29, 1.82) is 0 Å². The number of hydrogen-bond donors (Lipinski definition) is 1. The predicted octanol–water partition coefficient (Wildman–Crippen LogP) is 1.83. The van der Waals surface area contributed by atoms with Gasteiger partial charge in [-0.05, 0) is 28.1 Å². The van der Waals surface area contributed by atoms with Gasteiger partial charge in [0.15, 0.2) is 5.78 Å². The van der Waals surface area contributed by atoms with Crippen molar-refractivity contribution in [3.8, 4) is 5.75 Å². The van der Waals surface area contributed by atoms with Gasteiger partial charge in [-0.1, -0.05) is 12.1 Å². The van der Waals surface area contributed by atoms with E-state index in [9.17, 15) is 9.59 Å². The Bertz CT molecular complexity index is 443. The standard InChI is InChI=1S/C10H7BrO4/c11-10(9(13)14)5-7(12)6-3-1-2-4-8(6)15-10/h1-4H,5H2,(H,13,14). The highest BCUT2D eigenvalue weighted by Crippen LogP contribution is 2.36. The van der Waals surface area contributed by atoms with Gasteiger partial charge >= 0.3 is 5.97 Å². The lowest BCUT2D eigenvalue weighted by molar-refractivity contribution is -0.147. The number of ether oxygens (including phenoxy) is 1. The summed E-state index contributed by atoms with van der Waals surface area (Å²) in [6.07, 6.45) is -0.209. The Labute approximate surface area is 94.0 Å². The molecule has 1 atom stereocenters. The van der Waals surface area contributed by atoms with Crippen molar-refractivity contribution in [3.05, 3.63) is 29.8 Å². The summed E-state index contributed by atoms with van der Waals surface area (Å²) in [6, 6.07) is 6.59. The number of carbonyl (C=O) groups is 2. The number of ketones is 1. The summed E-state index contributed by atoms with van der Waals surface area (Å²) < 4.78 is 3.62. The third-order valence-corrected chi connectivity index (χ3v) is 2.95. The van der Waals surface area contributed by atoms with E-state index in [4.69, 9.17) is 9.84 Å². The highest BCUT2D eigenvalue weighted by molar-refractivity contribution is 9.10. The van der Waals surface area contributed by atoms with E-state index in [0.717, 1.165) is 0 Å². The summed E-state index contributed by atoms with van der Waals surface area (Å²) in [6.45, 7) is 0. The number of hydrogen-bond acceptors (Lipinski definition) is 3. The molecular formula is C10H7BrO4. The maximum absolute atomic E-state index is 11.6. The SMILES string of the molecule is O=C1CC(Br)(C(=O)O)Oc2ccccc21. The number of benzene rings is 1. The summed E-state index contributed by atoms with van der Waals surface area (Å²) in [5.41, 5.74) is 0.425. The van der Waals surface area contributed by atoms with Crippen LogP contribution in [0.5, 0.6) is 5.75 Å². The van der Waals surface area contributed by atoms with E-state index in [1.54, 1.807) is 24.3 Å². The molecule has 0 amide bonds. The lowest BCUT2D eigenvalue weighted by Crippen LogP contribution is -2.43. The first-order chi connectivity index (χ1) is 7.03. The first-order valence-electron chi connectivity index (χ1n) is 4.26. The number of carbonyl (C=O) groups excluding carboxylic acids is 1. The number of para-hydroxylation sites is 1. The number of Topliss-reactive ketones (excluding diaryl/α,β-unsaturated/α-hetero) is 1. The average Bonchev–Trinajstić information content (AvgIpc) is 2.17. The van der Waals surface area contributed by atoms with Crippen LogP contribution in [0, 0.1) is 0 Å². The zero-order valence-electron chi connectivity index (χ0n) is 7.57. The molecule has 2 rings (SSSR count). The fourth-order valence-electron chi connectivity index (χ4n) is 1.42.